The van der Waals surface area contributed by atoms with Crippen LogP contribution in [0.3, 0.4) is 0 Å². The lowest BCUT2D eigenvalue weighted by Crippen LogP contribution is -2.10. The zero-order chi connectivity index (χ0) is 21.1. The van der Waals surface area contributed by atoms with Crippen molar-refractivity contribution in [3.63, 3.8) is 0 Å². The number of esters is 1. The second-order valence-electron chi connectivity index (χ2n) is 6.85. The van der Waals surface area contributed by atoms with Gasteiger partial charge in [-0.1, -0.05) is 48.5 Å². The fourth-order valence-electron chi connectivity index (χ4n) is 3.42. The van der Waals surface area contributed by atoms with E-state index in [2.05, 4.69) is 10.6 Å². The Balaban J connectivity index is 1.84. The number of nitrogens with two attached hydrogens (primary N) is 1. The number of anilines is 2. The van der Waals surface area contributed by atoms with Gasteiger partial charge in [-0.25, -0.2) is 4.79 Å². The van der Waals surface area contributed by atoms with Crippen molar-refractivity contribution < 1.29 is 14.3 Å². The minimum Gasteiger partial charge on any atom is -0.465 e. The summed E-state index contributed by atoms with van der Waals surface area (Å²) in [6.45, 7) is 0.464. The minimum absolute atomic E-state index is 0.239. The summed E-state index contributed by atoms with van der Waals surface area (Å²) in [5.41, 5.74) is 11.3. The number of rotatable bonds is 5. The molecule has 150 valence electrons. The molecule has 0 aliphatic carbocycles. The number of amides is 1. The van der Waals surface area contributed by atoms with Crippen molar-refractivity contribution in [2.24, 2.45) is 5.73 Å². The molecule has 0 saturated heterocycles. The van der Waals surface area contributed by atoms with E-state index in [1.807, 2.05) is 54.6 Å². The second kappa shape index (κ2) is 8.23. The van der Waals surface area contributed by atoms with E-state index in [0.717, 1.165) is 22.4 Å². The molecule has 0 aromatic heterocycles. The fraction of sp³-hybridized carbons (Fsp3) is 0.0833. The molecule has 0 spiro atoms. The Hall–Kier alpha value is -3.90. The van der Waals surface area contributed by atoms with Crippen molar-refractivity contribution in [1.82, 2.24) is 0 Å². The summed E-state index contributed by atoms with van der Waals surface area (Å²) in [7, 11) is 1.33. The van der Waals surface area contributed by atoms with Gasteiger partial charge in [-0.3, -0.25) is 4.79 Å². The largest absolute Gasteiger partial charge is 0.465 e. The molecule has 1 aliphatic heterocycles. The van der Waals surface area contributed by atoms with E-state index in [-0.39, 0.29) is 5.91 Å². The molecule has 6 nitrogen and oxygen atoms in total. The number of methoxy groups -OCH3 is 1. The van der Waals surface area contributed by atoms with Gasteiger partial charge in [-0.05, 0) is 35.4 Å². The predicted molar refractivity (Wildman–Crippen MR) is 118 cm³/mol. The number of fused-ring (bicyclic) bond motifs is 1. The number of nitrogens with one attached hydrogen (secondary N) is 2. The van der Waals surface area contributed by atoms with Crippen LogP contribution in [0.2, 0.25) is 0 Å². The van der Waals surface area contributed by atoms with Crippen LogP contribution >= 0.6 is 0 Å². The van der Waals surface area contributed by atoms with Gasteiger partial charge in [0, 0.05) is 17.8 Å². The highest BCUT2D eigenvalue weighted by atomic mass is 16.5. The highest BCUT2D eigenvalue weighted by Crippen LogP contribution is 2.38. The van der Waals surface area contributed by atoms with Crippen LogP contribution in [-0.4, -0.2) is 19.0 Å². The third-order valence-electron chi connectivity index (χ3n) is 4.96. The highest BCUT2D eigenvalue weighted by molar-refractivity contribution is 6.37. The second-order valence-corrected chi connectivity index (χ2v) is 6.85. The molecular weight excluding hydrogens is 378 g/mol. The Morgan fingerprint density at radius 3 is 2.40 bits per heavy atom. The third kappa shape index (κ3) is 3.68. The monoisotopic (exact) mass is 399 g/mol. The molecule has 0 unspecified atom stereocenters. The van der Waals surface area contributed by atoms with Crippen molar-refractivity contribution in [3.8, 4) is 0 Å². The first-order valence-electron chi connectivity index (χ1n) is 9.50. The van der Waals surface area contributed by atoms with E-state index < -0.39 is 5.97 Å². The Kier molecular flexibility index (Phi) is 5.32. The lowest BCUT2D eigenvalue weighted by Gasteiger charge is -2.15. The Bertz CT molecular complexity index is 1140. The molecule has 0 bridgehead atoms. The number of benzene rings is 3. The molecule has 3 aromatic carbocycles. The lowest BCUT2D eigenvalue weighted by molar-refractivity contribution is -0.110. The molecule has 1 heterocycles. The van der Waals surface area contributed by atoms with Gasteiger partial charge in [0.25, 0.3) is 5.91 Å². The molecule has 3 aromatic rings. The zero-order valence-electron chi connectivity index (χ0n) is 16.4. The van der Waals surface area contributed by atoms with Crippen LogP contribution < -0.4 is 16.4 Å². The van der Waals surface area contributed by atoms with Gasteiger partial charge in [-0.15, -0.1) is 0 Å². The van der Waals surface area contributed by atoms with E-state index in [0.29, 0.717) is 29.1 Å². The quantitative estimate of drug-likeness (QED) is 0.447. The summed E-state index contributed by atoms with van der Waals surface area (Å²) in [6.07, 6.45) is 0. The number of carbonyl (C=O) groups is 2. The Morgan fingerprint density at radius 2 is 1.73 bits per heavy atom. The van der Waals surface area contributed by atoms with Crippen LogP contribution in [0, 0.1) is 0 Å². The lowest BCUT2D eigenvalue weighted by atomic mass is 9.99. The van der Waals surface area contributed by atoms with Crippen LogP contribution in [0.4, 0.5) is 11.4 Å². The van der Waals surface area contributed by atoms with Crippen LogP contribution in [-0.2, 0) is 16.1 Å². The molecule has 0 radical (unpaired) electrons. The number of carbonyl (C=O) groups excluding carboxylic acids is 2. The van der Waals surface area contributed by atoms with Gasteiger partial charge in [0.1, 0.15) is 0 Å². The first kappa shape index (κ1) is 19.4. The average Bonchev–Trinajstić information content (AvgIpc) is 3.12. The predicted octanol–water partition coefficient (Wildman–Crippen LogP) is 3.86. The van der Waals surface area contributed by atoms with Crippen molar-refractivity contribution in [3.05, 3.63) is 95.1 Å². The van der Waals surface area contributed by atoms with E-state index >= 15 is 0 Å². The summed E-state index contributed by atoms with van der Waals surface area (Å²) in [5, 5.41) is 6.25. The maximum absolute atomic E-state index is 12.9. The normalized spacial score (nSPS) is 14.0. The zero-order valence-corrected chi connectivity index (χ0v) is 16.4. The molecule has 6 heteroatoms. The van der Waals surface area contributed by atoms with Crippen molar-refractivity contribution in [2.75, 3.05) is 17.7 Å². The van der Waals surface area contributed by atoms with E-state index in [1.54, 1.807) is 18.2 Å². The summed E-state index contributed by atoms with van der Waals surface area (Å²) < 4.78 is 4.78. The first-order valence-corrected chi connectivity index (χ1v) is 9.50. The van der Waals surface area contributed by atoms with Gasteiger partial charge in [0.05, 0.1) is 29.6 Å². The summed E-state index contributed by atoms with van der Waals surface area (Å²) in [4.78, 5) is 24.8. The van der Waals surface area contributed by atoms with E-state index in [9.17, 15) is 9.59 Å². The maximum Gasteiger partial charge on any atom is 0.337 e. The molecule has 1 amide bonds. The molecule has 30 heavy (non-hydrogen) atoms. The average molecular weight is 399 g/mol. The molecule has 0 atom stereocenters. The van der Waals surface area contributed by atoms with E-state index in [1.165, 1.54) is 7.11 Å². The molecule has 1 aliphatic rings. The topological polar surface area (TPSA) is 93.4 Å². The standard InChI is InChI=1S/C24H21N3O3/c1-30-24(29)17-9-12-19-20(13-17)27-23(28)21(19)22(16-5-3-2-4-6-16)26-18-10-7-15(14-25)8-11-18/h2-13,26H,14,25H2,1H3,(H,27,28)/b22-21-. The third-order valence-corrected chi connectivity index (χ3v) is 4.96. The maximum atomic E-state index is 12.9. The van der Waals surface area contributed by atoms with Crippen molar-refractivity contribution in [1.29, 1.82) is 0 Å². The molecular formula is C24H21N3O3. The highest BCUT2D eigenvalue weighted by Gasteiger charge is 2.29. The SMILES string of the molecule is COC(=O)c1ccc2c(c1)NC(=O)/C2=C(\Nc1ccc(CN)cc1)c1ccccc1. The summed E-state index contributed by atoms with van der Waals surface area (Å²) in [6, 6.07) is 22.4. The number of hydrogen-bond acceptors (Lipinski definition) is 5. The Labute approximate surface area is 174 Å². The fourth-order valence-corrected chi connectivity index (χ4v) is 3.42. The number of hydrogen-bond donors (Lipinski definition) is 3. The van der Waals surface area contributed by atoms with Crippen LogP contribution in [0.1, 0.15) is 27.0 Å². The van der Waals surface area contributed by atoms with Crippen LogP contribution in [0.25, 0.3) is 11.3 Å². The van der Waals surface area contributed by atoms with E-state index in [4.69, 9.17) is 10.5 Å². The molecule has 4 N–H and O–H groups in total. The Morgan fingerprint density at radius 1 is 1.00 bits per heavy atom. The van der Waals surface area contributed by atoms with Gasteiger partial charge >= 0.3 is 5.97 Å². The van der Waals surface area contributed by atoms with Gasteiger partial charge < -0.3 is 21.1 Å². The summed E-state index contributed by atoms with van der Waals surface area (Å²) in [5.74, 6) is -0.692. The van der Waals surface area contributed by atoms with Gasteiger partial charge in [-0.2, -0.15) is 0 Å². The molecule has 0 fully saturated rings. The minimum atomic E-state index is -0.453. The van der Waals surface area contributed by atoms with Gasteiger partial charge in [0.15, 0.2) is 0 Å². The van der Waals surface area contributed by atoms with Gasteiger partial charge in [0.2, 0.25) is 0 Å². The van der Waals surface area contributed by atoms with Crippen molar-refractivity contribution in [2.45, 2.75) is 6.54 Å². The molecule has 0 saturated carbocycles. The van der Waals surface area contributed by atoms with Crippen LogP contribution in [0.5, 0.6) is 0 Å². The van der Waals surface area contributed by atoms with Crippen LogP contribution in [0.15, 0.2) is 72.8 Å². The molecule has 4 rings (SSSR count). The first-order chi connectivity index (χ1) is 14.6. The van der Waals surface area contributed by atoms with Crippen molar-refractivity contribution >= 4 is 34.5 Å². The smallest absolute Gasteiger partial charge is 0.337 e. The number of ether oxygens (including phenoxy) is 1. The summed E-state index contributed by atoms with van der Waals surface area (Å²) >= 11 is 0.